The molecule has 1 aliphatic carbocycles. The molecule has 0 amide bonds. The molecule has 5 heteroatoms. The van der Waals surface area contributed by atoms with E-state index < -0.39 is 23.1 Å². The predicted octanol–water partition coefficient (Wildman–Crippen LogP) is -0.211. The molecule has 2 unspecified atom stereocenters. The third kappa shape index (κ3) is 0.695. The average molecular weight is 182 g/mol. The van der Waals surface area contributed by atoms with Crippen LogP contribution in [0.2, 0.25) is 0 Å². The van der Waals surface area contributed by atoms with Crippen LogP contribution in [-0.2, 0) is 14.3 Å². The quantitative estimate of drug-likeness (QED) is 0.577. The van der Waals surface area contributed by atoms with Gasteiger partial charge in [-0.3, -0.25) is 0 Å². The number of epoxide rings is 1. The van der Waals surface area contributed by atoms with Crippen molar-refractivity contribution in [1.29, 1.82) is 0 Å². The van der Waals surface area contributed by atoms with Gasteiger partial charge in [0.2, 0.25) is 11.2 Å². The first-order chi connectivity index (χ1) is 6.05. The van der Waals surface area contributed by atoms with E-state index in [2.05, 4.69) is 0 Å². The van der Waals surface area contributed by atoms with E-state index in [9.17, 15) is 9.59 Å². The Morgan fingerprint density at radius 2 is 1.38 bits per heavy atom. The first-order valence-electron chi connectivity index (χ1n) is 3.59. The van der Waals surface area contributed by atoms with Gasteiger partial charge in [-0.25, -0.2) is 9.59 Å². The van der Waals surface area contributed by atoms with E-state index in [4.69, 9.17) is 14.9 Å². The van der Waals surface area contributed by atoms with Gasteiger partial charge in [-0.05, 0) is 12.2 Å². The predicted molar refractivity (Wildman–Crippen MR) is 40.1 cm³/mol. The molecule has 2 N–H and O–H groups in total. The Balaban J connectivity index is 2.46. The van der Waals surface area contributed by atoms with E-state index in [0.29, 0.717) is 0 Å². The summed E-state index contributed by atoms with van der Waals surface area (Å²) in [5, 5.41) is 17.6. The Morgan fingerprint density at radius 3 is 1.69 bits per heavy atom. The minimum atomic E-state index is -1.69. The maximum absolute atomic E-state index is 10.8. The number of hydrogen-bond donors (Lipinski definition) is 2. The summed E-state index contributed by atoms with van der Waals surface area (Å²) in [4.78, 5) is 21.5. The molecule has 68 valence electrons. The van der Waals surface area contributed by atoms with Crippen molar-refractivity contribution in [3.8, 4) is 0 Å². The summed E-state index contributed by atoms with van der Waals surface area (Å²) >= 11 is 0. The van der Waals surface area contributed by atoms with E-state index >= 15 is 0 Å². The third-order valence-electron chi connectivity index (χ3n) is 2.24. The lowest BCUT2D eigenvalue weighted by molar-refractivity contribution is -0.144. The zero-order valence-corrected chi connectivity index (χ0v) is 6.43. The summed E-state index contributed by atoms with van der Waals surface area (Å²) in [6.45, 7) is 0. The van der Waals surface area contributed by atoms with Gasteiger partial charge in [-0.15, -0.1) is 0 Å². The molecule has 0 radical (unpaired) electrons. The van der Waals surface area contributed by atoms with Gasteiger partial charge in [-0.2, -0.15) is 0 Å². The van der Waals surface area contributed by atoms with Gasteiger partial charge in [0, 0.05) is 0 Å². The summed E-state index contributed by atoms with van der Waals surface area (Å²) in [7, 11) is 0. The number of ether oxygens (including phenoxy) is 1. The van der Waals surface area contributed by atoms with Crippen LogP contribution in [0.4, 0.5) is 0 Å². The molecule has 0 aromatic carbocycles. The Morgan fingerprint density at radius 1 is 1.00 bits per heavy atom. The van der Waals surface area contributed by atoms with Crippen LogP contribution >= 0.6 is 0 Å². The van der Waals surface area contributed by atoms with Crippen LogP contribution in [0.25, 0.3) is 0 Å². The second kappa shape index (κ2) is 2.00. The fraction of sp³-hybridized carbons (Fsp3) is 0.250. The molecule has 2 aliphatic rings. The molecule has 0 bridgehead atoms. The largest absolute Gasteiger partial charge is 0.479 e. The molecule has 13 heavy (non-hydrogen) atoms. The molecule has 1 aliphatic heterocycles. The van der Waals surface area contributed by atoms with Gasteiger partial charge in [-0.1, -0.05) is 12.2 Å². The van der Waals surface area contributed by atoms with Crippen LogP contribution in [0.15, 0.2) is 24.3 Å². The highest BCUT2D eigenvalue weighted by molar-refractivity contribution is 6.00. The Kier molecular flexibility index (Phi) is 1.23. The highest BCUT2D eigenvalue weighted by Gasteiger charge is 2.78. The van der Waals surface area contributed by atoms with Crippen LogP contribution in [0, 0.1) is 0 Å². The number of hydrogen-bond acceptors (Lipinski definition) is 3. The highest BCUT2D eigenvalue weighted by Crippen LogP contribution is 2.52. The van der Waals surface area contributed by atoms with E-state index in [0.717, 1.165) is 0 Å². The van der Waals surface area contributed by atoms with Crippen LogP contribution in [0.1, 0.15) is 0 Å². The van der Waals surface area contributed by atoms with Crippen molar-refractivity contribution in [1.82, 2.24) is 0 Å². The zero-order valence-electron chi connectivity index (χ0n) is 6.43. The van der Waals surface area contributed by atoms with Gasteiger partial charge < -0.3 is 14.9 Å². The fourth-order valence-electron chi connectivity index (χ4n) is 1.47. The van der Waals surface area contributed by atoms with Crippen molar-refractivity contribution < 1.29 is 24.5 Å². The fourth-order valence-corrected chi connectivity index (χ4v) is 1.47. The van der Waals surface area contributed by atoms with Crippen molar-refractivity contribution in [3.63, 3.8) is 0 Å². The number of carboxylic acids is 2. The molecular weight excluding hydrogens is 176 g/mol. The lowest BCUT2D eigenvalue weighted by Crippen LogP contribution is -2.37. The first-order valence-corrected chi connectivity index (χ1v) is 3.59. The van der Waals surface area contributed by atoms with Crippen LogP contribution < -0.4 is 0 Å². The topological polar surface area (TPSA) is 87.1 Å². The molecule has 2 atom stereocenters. The van der Waals surface area contributed by atoms with Crippen molar-refractivity contribution in [2.24, 2.45) is 0 Å². The number of fused-ring (bicyclic) bond motifs is 1. The monoisotopic (exact) mass is 182 g/mol. The van der Waals surface area contributed by atoms with E-state index in [1.54, 1.807) is 0 Å². The van der Waals surface area contributed by atoms with E-state index in [-0.39, 0.29) is 0 Å². The van der Waals surface area contributed by atoms with E-state index in [1.165, 1.54) is 24.3 Å². The minimum Gasteiger partial charge on any atom is -0.479 e. The molecule has 0 aromatic rings. The summed E-state index contributed by atoms with van der Waals surface area (Å²) < 4.78 is 4.80. The third-order valence-corrected chi connectivity index (χ3v) is 2.24. The molecule has 1 fully saturated rings. The smallest absolute Gasteiger partial charge is 0.344 e. The van der Waals surface area contributed by atoms with Gasteiger partial charge in [0.15, 0.2) is 0 Å². The summed E-state index contributed by atoms with van der Waals surface area (Å²) in [6, 6.07) is 0. The number of carbonyl (C=O) groups is 2. The van der Waals surface area contributed by atoms with Crippen LogP contribution in [0.3, 0.4) is 0 Å². The maximum atomic E-state index is 10.8. The van der Waals surface area contributed by atoms with Crippen LogP contribution in [0.5, 0.6) is 0 Å². The maximum Gasteiger partial charge on any atom is 0.344 e. The van der Waals surface area contributed by atoms with Gasteiger partial charge >= 0.3 is 11.9 Å². The molecule has 1 saturated heterocycles. The van der Waals surface area contributed by atoms with Crippen molar-refractivity contribution in [2.75, 3.05) is 0 Å². The normalized spacial score (nSPS) is 39.7. The summed E-state index contributed by atoms with van der Waals surface area (Å²) in [5.41, 5.74) is -3.37. The average Bonchev–Trinajstić information content (AvgIpc) is 2.75. The minimum absolute atomic E-state index is 1.24. The zero-order chi connectivity index (χ0) is 9.69. The van der Waals surface area contributed by atoms with Crippen LogP contribution in [-0.4, -0.2) is 33.4 Å². The van der Waals surface area contributed by atoms with Crippen molar-refractivity contribution in [3.05, 3.63) is 24.3 Å². The Bertz CT molecular complexity index is 322. The number of rotatable bonds is 2. The number of allylic oxidation sites excluding steroid dienone is 2. The lowest BCUT2D eigenvalue weighted by atomic mass is 9.89. The lowest BCUT2D eigenvalue weighted by Gasteiger charge is -2.07. The SMILES string of the molecule is O=C(O)C12C=CC=CC1(C(=O)O)O2. The number of aliphatic carboxylic acids is 2. The summed E-state index contributed by atoms with van der Waals surface area (Å²) in [5.74, 6) is -2.56. The molecule has 1 heterocycles. The Labute approximate surface area is 72.9 Å². The second-order valence-electron chi connectivity index (χ2n) is 2.90. The van der Waals surface area contributed by atoms with E-state index in [1.807, 2.05) is 0 Å². The van der Waals surface area contributed by atoms with Gasteiger partial charge in [0.25, 0.3) is 0 Å². The molecule has 0 saturated carbocycles. The standard InChI is InChI=1S/C8H6O5/c9-5(10)7-3-1-2-4-8(7,13-7)6(11)12/h1-4H,(H,9,10)(H,11,12). The molecule has 0 spiro atoms. The highest BCUT2D eigenvalue weighted by atomic mass is 16.7. The Hall–Kier alpha value is -1.62. The molecule has 5 nitrogen and oxygen atoms in total. The summed E-state index contributed by atoms with van der Waals surface area (Å²) in [6.07, 6.45) is 5.40. The second-order valence-corrected chi connectivity index (χ2v) is 2.90. The molecular formula is C8H6O5. The van der Waals surface area contributed by atoms with Crippen molar-refractivity contribution >= 4 is 11.9 Å². The van der Waals surface area contributed by atoms with Gasteiger partial charge in [0.1, 0.15) is 0 Å². The molecule has 2 rings (SSSR count). The molecule has 0 aromatic heterocycles. The number of carboxylic acid groups (broad SMARTS) is 2. The van der Waals surface area contributed by atoms with Gasteiger partial charge in [0.05, 0.1) is 0 Å². The van der Waals surface area contributed by atoms with Crippen molar-refractivity contribution in [2.45, 2.75) is 11.2 Å². The first kappa shape index (κ1) is 8.00.